The number of aromatic nitrogens is 1. The summed E-state index contributed by atoms with van der Waals surface area (Å²) >= 11 is 0. The molecule has 0 fully saturated rings. The summed E-state index contributed by atoms with van der Waals surface area (Å²) in [4.78, 5) is 3.19. The van der Waals surface area contributed by atoms with Crippen LogP contribution in [0.4, 0.5) is 0 Å². The molecule has 0 bridgehead atoms. The van der Waals surface area contributed by atoms with Gasteiger partial charge in [0.15, 0.2) is 0 Å². The molecule has 0 amide bonds. The Morgan fingerprint density at radius 1 is 1.18 bits per heavy atom. The summed E-state index contributed by atoms with van der Waals surface area (Å²) in [5, 5.41) is 1.18. The lowest BCUT2D eigenvalue weighted by molar-refractivity contribution is 0.493. The zero-order valence-electron chi connectivity index (χ0n) is 9.43. The van der Waals surface area contributed by atoms with Crippen molar-refractivity contribution in [3.63, 3.8) is 0 Å². The van der Waals surface area contributed by atoms with Gasteiger partial charge in [0.25, 0.3) is 0 Å². The predicted octanol–water partition coefficient (Wildman–Crippen LogP) is 1.78. The van der Waals surface area contributed by atoms with Gasteiger partial charge in [0.1, 0.15) is 0 Å². The van der Waals surface area contributed by atoms with E-state index in [1.807, 2.05) is 42.6 Å². The zero-order chi connectivity index (χ0) is 11.9. The van der Waals surface area contributed by atoms with Crippen LogP contribution in [-0.2, 0) is 5.54 Å². The van der Waals surface area contributed by atoms with Crippen molar-refractivity contribution in [1.29, 1.82) is 0 Å². The quantitative estimate of drug-likeness (QED) is 0.692. The number of H-pyrrole nitrogens is 1. The first-order valence-electron chi connectivity index (χ1n) is 5.68. The SMILES string of the molecule is NC1C=CC=CC1(N)c1ccc2cc[nH]c2c1. The van der Waals surface area contributed by atoms with Gasteiger partial charge in [0.2, 0.25) is 0 Å². The summed E-state index contributed by atoms with van der Waals surface area (Å²) in [6, 6.07) is 8.02. The van der Waals surface area contributed by atoms with Crippen LogP contribution in [0.2, 0.25) is 0 Å². The number of hydrogen-bond acceptors (Lipinski definition) is 2. The van der Waals surface area contributed by atoms with Crippen molar-refractivity contribution in [3.05, 3.63) is 60.3 Å². The lowest BCUT2D eigenvalue weighted by atomic mass is 9.81. The van der Waals surface area contributed by atoms with E-state index in [-0.39, 0.29) is 6.04 Å². The molecule has 2 unspecified atom stereocenters. The Hall–Kier alpha value is -1.84. The third-order valence-electron chi connectivity index (χ3n) is 3.41. The van der Waals surface area contributed by atoms with Crippen molar-refractivity contribution >= 4 is 10.9 Å². The molecule has 2 aromatic rings. The van der Waals surface area contributed by atoms with E-state index >= 15 is 0 Å². The molecule has 86 valence electrons. The fourth-order valence-corrected chi connectivity index (χ4v) is 2.27. The number of rotatable bonds is 1. The zero-order valence-corrected chi connectivity index (χ0v) is 9.43. The van der Waals surface area contributed by atoms with Gasteiger partial charge >= 0.3 is 0 Å². The van der Waals surface area contributed by atoms with Crippen LogP contribution in [0.1, 0.15) is 5.56 Å². The molecule has 3 nitrogen and oxygen atoms in total. The van der Waals surface area contributed by atoms with Gasteiger partial charge in [-0.3, -0.25) is 0 Å². The number of hydrogen-bond donors (Lipinski definition) is 3. The van der Waals surface area contributed by atoms with Crippen LogP contribution < -0.4 is 11.5 Å². The third kappa shape index (κ3) is 1.52. The first-order chi connectivity index (χ1) is 8.20. The van der Waals surface area contributed by atoms with Gasteiger partial charge in [-0.15, -0.1) is 0 Å². The van der Waals surface area contributed by atoms with Crippen molar-refractivity contribution in [2.45, 2.75) is 11.6 Å². The molecule has 0 aliphatic heterocycles. The molecule has 2 atom stereocenters. The van der Waals surface area contributed by atoms with Gasteiger partial charge in [0, 0.05) is 17.8 Å². The largest absolute Gasteiger partial charge is 0.361 e. The standard InChI is InChI=1S/C14H15N3/c15-13-3-1-2-7-14(13,16)11-5-4-10-6-8-17-12(10)9-11/h1-9,13,17H,15-16H2. The van der Waals surface area contributed by atoms with Crippen molar-refractivity contribution < 1.29 is 0 Å². The Labute approximate surface area is 99.8 Å². The number of nitrogens with two attached hydrogens (primary N) is 2. The van der Waals surface area contributed by atoms with Crippen LogP contribution in [0.5, 0.6) is 0 Å². The number of nitrogens with one attached hydrogen (secondary N) is 1. The molecule has 1 aliphatic rings. The van der Waals surface area contributed by atoms with Gasteiger partial charge < -0.3 is 16.5 Å². The predicted molar refractivity (Wildman–Crippen MR) is 70.4 cm³/mol. The number of benzene rings is 1. The van der Waals surface area contributed by atoms with Gasteiger partial charge in [-0.1, -0.05) is 36.4 Å². The van der Waals surface area contributed by atoms with Crippen LogP contribution in [-0.4, -0.2) is 11.0 Å². The molecule has 1 aliphatic carbocycles. The van der Waals surface area contributed by atoms with E-state index in [0.29, 0.717) is 0 Å². The number of aromatic amines is 1. The van der Waals surface area contributed by atoms with Crippen LogP contribution in [0.3, 0.4) is 0 Å². The topological polar surface area (TPSA) is 67.8 Å². The summed E-state index contributed by atoms with van der Waals surface area (Å²) < 4.78 is 0. The number of allylic oxidation sites excluding steroid dienone is 2. The summed E-state index contributed by atoms with van der Waals surface area (Å²) in [6.45, 7) is 0. The molecular weight excluding hydrogens is 210 g/mol. The van der Waals surface area contributed by atoms with Gasteiger partial charge in [-0.2, -0.15) is 0 Å². The fourth-order valence-electron chi connectivity index (χ4n) is 2.27. The van der Waals surface area contributed by atoms with Crippen LogP contribution in [0.15, 0.2) is 54.8 Å². The summed E-state index contributed by atoms with van der Waals surface area (Å²) in [5.74, 6) is 0. The maximum absolute atomic E-state index is 6.41. The van der Waals surface area contributed by atoms with E-state index in [9.17, 15) is 0 Å². The smallest absolute Gasteiger partial charge is 0.0789 e. The molecule has 0 spiro atoms. The molecule has 0 radical (unpaired) electrons. The Morgan fingerprint density at radius 2 is 2.06 bits per heavy atom. The maximum Gasteiger partial charge on any atom is 0.0789 e. The molecule has 5 N–H and O–H groups in total. The molecular formula is C14H15N3. The average Bonchev–Trinajstić information content (AvgIpc) is 2.80. The number of fused-ring (bicyclic) bond motifs is 1. The molecule has 1 aromatic heterocycles. The van der Waals surface area contributed by atoms with Gasteiger partial charge in [0.05, 0.1) is 5.54 Å². The average molecular weight is 225 g/mol. The Kier molecular flexibility index (Phi) is 2.18. The van der Waals surface area contributed by atoms with E-state index in [2.05, 4.69) is 17.1 Å². The second kappa shape index (κ2) is 3.58. The van der Waals surface area contributed by atoms with Gasteiger partial charge in [-0.25, -0.2) is 0 Å². The highest BCUT2D eigenvalue weighted by Crippen LogP contribution is 2.28. The minimum Gasteiger partial charge on any atom is -0.361 e. The molecule has 1 heterocycles. The van der Waals surface area contributed by atoms with Crippen molar-refractivity contribution in [2.75, 3.05) is 0 Å². The van der Waals surface area contributed by atoms with Crippen molar-refractivity contribution in [2.24, 2.45) is 11.5 Å². The van der Waals surface area contributed by atoms with E-state index in [1.54, 1.807) is 0 Å². The second-order valence-corrected chi connectivity index (χ2v) is 4.48. The maximum atomic E-state index is 6.41. The highest BCUT2D eigenvalue weighted by Gasteiger charge is 2.31. The fraction of sp³-hybridized carbons (Fsp3) is 0.143. The van der Waals surface area contributed by atoms with E-state index < -0.39 is 5.54 Å². The van der Waals surface area contributed by atoms with Crippen molar-refractivity contribution in [1.82, 2.24) is 4.98 Å². The van der Waals surface area contributed by atoms with E-state index in [1.165, 1.54) is 5.39 Å². The summed E-state index contributed by atoms with van der Waals surface area (Å²) in [6.07, 6.45) is 9.69. The first kappa shape index (κ1) is 10.3. The van der Waals surface area contributed by atoms with Crippen LogP contribution in [0.25, 0.3) is 10.9 Å². The second-order valence-electron chi connectivity index (χ2n) is 4.48. The minimum atomic E-state index is -0.617. The first-order valence-corrected chi connectivity index (χ1v) is 5.68. The monoisotopic (exact) mass is 225 g/mol. The van der Waals surface area contributed by atoms with Gasteiger partial charge in [-0.05, 0) is 23.1 Å². The molecule has 0 saturated heterocycles. The molecule has 3 rings (SSSR count). The van der Waals surface area contributed by atoms with Crippen LogP contribution in [0, 0.1) is 0 Å². The Balaban J connectivity index is 2.13. The normalized spacial score (nSPS) is 27.8. The Morgan fingerprint density at radius 3 is 2.88 bits per heavy atom. The van der Waals surface area contributed by atoms with E-state index in [0.717, 1.165) is 11.1 Å². The molecule has 17 heavy (non-hydrogen) atoms. The lowest BCUT2D eigenvalue weighted by Crippen LogP contribution is -2.50. The molecule has 1 aromatic carbocycles. The summed E-state index contributed by atoms with van der Waals surface area (Å²) in [5.41, 5.74) is 14.0. The third-order valence-corrected chi connectivity index (χ3v) is 3.41. The van der Waals surface area contributed by atoms with Crippen molar-refractivity contribution in [3.8, 4) is 0 Å². The highest BCUT2D eigenvalue weighted by atomic mass is 14.8. The molecule has 0 saturated carbocycles. The molecule has 3 heteroatoms. The minimum absolute atomic E-state index is 0.195. The summed E-state index contributed by atoms with van der Waals surface area (Å²) in [7, 11) is 0. The Bertz CT molecular complexity index is 609. The lowest BCUT2D eigenvalue weighted by Gasteiger charge is -2.33. The highest BCUT2D eigenvalue weighted by molar-refractivity contribution is 5.80. The van der Waals surface area contributed by atoms with E-state index in [4.69, 9.17) is 11.5 Å². The van der Waals surface area contributed by atoms with Crippen LogP contribution >= 0.6 is 0 Å².